The lowest BCUT2D eigenvalue weighted by Gasteiger charge is -2.09. The molecule has 1 amide bonds. The van der Waals surface area contributed by atoms with E-state index in [1.54, 1.807) is 31.3 Å². The highest BCUT2D eigenvalue weighted by Gasteiger charge is 2.18. The van der Waals surface area contributed by atoms with Crippen molar-refractivity contribution in [2.45, 2.75) is 0 Å². The molecule has 0 radical (unpaired) electrons. The SMILES string of the molecule is Cn1cc(Cl)c(C(=O)Nc2cc(Oc3ccc(Cl)cc3)cc([N+](=O)[O-])c2)n1. The van der Waals surface area contributed by atoms with Gasteiger partial charge in [0.2, 0.25) is 0 Å². The van der Waals surface area contributed by atoms with Crippen molar-refractivity contribution in [3.8, 4) is 11.5 Å². The molecule has 27 heavy (non-hydrogen) atoms. The van der Waals surface area contributed by atoms with Crippen LogP contribution in [0.5, 0.6) is 11.5 Å². The molecule has 8 nitrogen and oxygen atoms in total. The Kier molecular flexibility index (Phi) is 5.29. The highest BCUT2D eigenvalue weighted by molar-refractivity contribution is 6.34. The van der Waals surface area contributed by atoms with Crippen LogP contribution in [-0.4, -0.2) is 20.6 Å². The summed E-state index contributed by atoms with van der Waals surface area (Å²) in [5, 5.41) is 18.4. The number of aromatic nitrogens is 2. The fourth-order valence-electron chi connectivity index (χ4n) is 2.26. The summed E-state index contributed by atoms with van der Waals surface area (Å²) < 4.78 is 7.01. The average molecular weight is 407 g/mol. The smallest absolute Gasteiger partial charge is 0.277 e. The number of anilines is 1. The third kappa shape index (κ3) is 4.55. The molecule has 0 spiro atoms. The van der Waals surface area contributed by atoms with Gasteiger partial charge in [-0.05, 0) is 24.3 Å². The fourth-order valence-corrected chi connectivity index (χ4v) is 2.65. The molecule has 3 rings (SSSR count). The number of non-ortho nitro benzene ring substituents is 1. The van der Waals surface area contributed by atoms with E-state index in [4.69, 9.17) is 27.9 Å². The molecule has 2 aromatic carbocycles. The predicted molar refractivity (Wildman–Crippen MR) is 101 cm³/mol. The highest BCUT2D eigenvalue weighted by atomic mass is 35.5. The van der Waals surface area contributed by atoms with E-state index in [2.05, 4.69) is 10.4 Å². The molecule has 0 atom stereocenters. The summed E-state index contributed by atoms with van der Waals surface area (Å²) in [5.74, 6) is 0.0115. The van der Waals surface area contributed by atoms with Crippen molar-refractivity contribution in [2.24, 2.45) is 7.05 Å². The largest absolute Gasteiger partial charge is 0.457 e. The number of aryl methyl sites for hydroxylation is 1. The summed E-state index contributed by atoms with van der Waals surface area (Å²) in [6.07, 6.45) is 1.47. The molecule has 0 aliphatic heterocycles. The molecule has 0 fully saturated rings. The minimum absolute atomic E-state index is 0.00541. The number of amides is 1. The highest BCUT2D eigenvalue weighted by Crippen LogP contribution is 2.30. The van der Waals surface area contributed by atoms with Gasteiger partial charge >= 0.3 is 0 Å². The molecule has 1 N–H and O–H groups in total. The summed E-state index contributed by atoms with van der Waals surface area (Å²) in [5.41, 5.74) is -0.0744. The van der Waals surface area contributed by atoms with Crippen molar-refractivity contribution in [3.63, 3.8) is 0 Å². The number of nitro groups is 1. The Balaban J connectivity index is 1.89. The molecule has 0 aliphatic rings. The molecular weight excluding hydrogens is 395 g/mol. The third-order valence-corrected chi connectivity index (χ3v) is 3.94. The number of benzene rings is 2. The van der Waals surface area contributed by atoms with Crippen LogP contribution in [0.1, 0.15) is 10.5 Å². The average Bonchev–Trinajstić information content (AvgIpc) is 2.95. The van der Waals surface area contributed by atoms with E-state index in [0.29, 0.717) is 10.8 Å². The normalized spacial score (nSPS) is 10.5. The lowest BCUT2D eigenvalue weighted by Crippen LogP contribution is -2.13. The van der Waals surface area contributed by atoms with Gasteiger partial charge in [0, 0.05) is 30.4 Å². The second-order valence-corrected chi connectivity index (χ2v) is 6.33. The van der Waals surface area contributed by atoms with Gasteiger partial charge in [-0.15, -0.1) is 0 Å². The maximum absolute atomic E-state index is 12.3. The number of nitro benzene ring substituents is 1. The molecule has 0 unspecified atom stereocenters. The topological polar surface area (TPSA) is 99.3 Å². The lowest BCUT2D eigenvalue weighted by molar-refractivity contribution is -0.384. The number of nitrogens with one attached hydrogen (secondary N) is 1. The number of ether oxygens (including phenoxy) is 1. The molecule has 0 bridgehead atoms. The van der Waals surface area contributed by atoms with Crippen LogP contribution in [0.3, 0.4) is 0 Å². The Morgan fingerprint density at radius 1 is 1.19 bits per heavy atom. The van der Waals surface area contributed by atoms with Crippen LogP contribution in [0.4, 0.5) is 11.4 Å². The van der Waals surface area contributed by atoms with Crippen molar-refractivity contribution >= 4 is 40.5 Å². The molecule has 1 aromatic heterocycles. The summed E-state index contributed by atoms with van der Waals surface area (Å²) in [7, 11) is 1.62. The van der Waals surface area contributed by atoms with E-state index in [1.165, 1.54) is 29.1 Å². The predicted octanol–water partition coefficient (Wildman–Crippen LogP) is 4.68. The maximum Gasteiger partial charge on any atom is 0.277 e. The van der Waals surface area contributed by atoms with Crippen LogP contribution in [0.15, 0.2) is 48.7 Å². The van der Waals surface area contributed by atoms with Crippen molar-refractivity contribution in [3.05, 3.63) is 74.5 Å². The molecular formula is C17H12Cl2N4O4. The van der Waals surface area contributed by atoms with E-state index < -0.39 is 10.8 Å². The molecule has 10 heteroatoms. The Bertz CT molecular complexity index is 1020. The molecule has 1 heterocycles. The number of rotatable bonds is 5. The van der Waals surface area contributed by atoms with Gasteiger partial charge in [-0.25, -0.2) is 0 Å². The Morgan fingerprint density at radius 2 is 1.89 bits per heavy atom. The first kappa shape index (κ1) is 18.7. The van der Waals surface area contributed by atoms with E-state index in [-0.39, 0.29) is 27.8 Å². The molecule has 0 saturated heterocycles. The second-order valence-electron chi connectivity index (χ2n) is 5.48. The van der Waals surface area contributed by atoms with Crippen LogP contribution in [0.25, 0.3) is 0 Å². The van der Waals surface area contributed by atoms with Gasteiger partial charge in [-0.2, -0.15) is 5.10 Å². The Hall–Kier alpha value is -3.10. The van der Waals surface area contributed by atoms with Gasteiger partial charge in [-0.1, -0.05) is 23.2 Å². The van der Waals surface area contributed by atoms with Crippen molar-refractivity contribution in [1.82, 2.24) is 9.78 Å². The Labute approximate surface area is 163 Å². The van der Waals surface area contributed by atoms with Crippen molar-refractivity contribution < 1.29 is 14.5 Å². The Morgan fingerprint density at radius 3 is 2.48 bits per heavy atom. The summed E-state index contributed by atoms with van der Waals surface area (Å²) in [4.78, 5) is 23.0. The van der Waals surface area contributed by atoms with Crippen molar-refractivity contribution in [1.29, 1.82) is 0 Å². The first-order chi connectivity index (χ1) is 12.8. The second kappa shape index (κ2) is 7.65. The molecule has 0 aliphatic carbocycles. The monoisotopic (exact) mass is 406 g/mol. The maximum atomic E-state index is 12.3. The summed E-state index contributed by atoms with van der Waals surface area (Å²) >= 11 is 11.8. The fraction of sp³-hybridized carbons (Fsp3) is 0.0588. The standard InChI is InChI=1S/C17H12Cl2N4O4/c1-22-9-15(19)16(21-22)17(24)20-11-6-12(23(25)26)8-14(7-11)27-13-4-2-10(18)3-5-13/h2-9H,1H3,(H,20,24). The van der Waals surface area contributed by atoms with Gasteiger partial charge in [0.25, 0.3) is 11.6 Å². The number of hydrogen-bond acceptors (Lipinski definition) is 5. The van der Waals surface area contributed by atoms with Gasteiger partial charge < -0.3 is 10.1 Å². The number of nitrogens with zero attached hydrogens (tertiary/aromatic N) is 3. The van der Waals surface area contributed by atoms with Gasteiger partial charge in [0.05, 0.1) is 21.7 Å². The quantitative estimate of drug-likeness (QED) is 0.489. The zero-order valence-electron chi connectivity index (χ0n) is 13.8. The van der Waals surface area contributed by atoms with E-state index >= 15 is 0 Å². The zero-order chi connectivity index (χ0) is 19.6. The molecule has 3 aromatic rings. The van der Waals surface area contributed by atoms with Crippen LogP contribution in [-0.2, 0) is 7.05 Å². The van der Waals surface area contributed by atoms with Gasteiger partial charge in [0.15, 0.2) is 5.69 Å². The van der Waals surface area contributed by atoms with Crippen LogP contribution < -0.4 is 10.1 Å². The van der Waals surface area contributed by atoms with E-state index in [0.717, 1.165) is 0 Å². The first-order valence-electron chi connectivity index (χ1n) is 7.55. The van der Waals surface area contributed by atoms with Crippen LogP contribution >= 0.6 is 23.2 Å². The first-order valence-corrected chi connectivity index (χ1v) is 8.31. The number of halogens is 2. The van der Waals surface area contributed by atoms with E-state index in [1.807, 2.05) is 0 Å². The molecule has 0 saturated carbocycles. The van der Waals surface area contributed by atoms with Crippen LogP contribution in [0.2, 0.25) is 10.0 Å². The minimum atomic E-state index is -0.599. The van der Waals surface area contributed by atoms with Gasteiger partial charge in [-0.3, -0.25) is 19.6 Å². The third-order valence-electron chi connectivity index (χ3n) is 3.41. The number of carbonyl (C=O) groups is 1. The number of hydrogen-bond donors (Lipinski definition) is 1. The van der Waals surface area contributed by atoms with Gasteiger partial charge in [0.1, 0.15) is 11.5 Å². The van der Waals surface area contributed by atoms with Crippen molar-refractivity contribution in [2.75, 3.05) is 5.32 Å². The molecule has 138 valence electrons. The van der Waals surface area contributed by atoms with Crippen LogP contribution in [0, 0.1) is 10.1 Å². The summed E-state index contributed by atoms with van der Waals surface area (Å²) in [6.45, 7) is 0. The minimum Gasteiger partial charge on any atom is -0.457 e. The summed E-state index contributed by atoms with van der Waals surface area (Å²) in [6, 6.07) is 10.4. The lowest BCUT2D eigenvalue weighted by atomic mass is 10.2. The van der Waals surface area contributed by atoms with E-state index in [9.17, 15) is 14.9 Å². The zero-order valence-corrected chi connectivity index (χ0v) is 15.4. The number of carbonyl (C=O) groups excluding carboxylic acids is 1.